The van der Waals surface area contributed by atoms with Crippen LogP contribution < -0.4 is 5.32 Å². The topological polar surface area (TPSA) is 75.6 Å². The number of H-pyrrole nitrogens is 1. The van der Waals surface area contributed by atoms with Crippen molar-refractivity contribution in [1.29, 1.82) is 0 Å². The lowest BCUT2D eigenvalue weighted by Gasteiger charge is -2.20. The number of carbonyl (C=O) groups is 1. The van der Waals surface area contributed by atoms with Crippen LogP contribution in [0.25, 0.3) is 11.4 Å². The molecule has 1 atom stereocenters. The molecule has 0 aliphatic carbocycles. The van der Waals surface area contributed by atoms with Crippen molar-refractivity contribution < 1.29 is 4.79 Å². The number of nitrogens with zero attached hydrogens (tertiary/aromatic N) is 3. The second-order valence-electron chi connectivity index (χ2n) is 7.54. The third-order valence-electron chi connectivity index (χ3n) is 4.44. The molecule has 1 amide bonds. The number of nitrogens with one attached hydrogen (secondary N) is 2. The maximum absolute atomic E-state index is 12.8. The molecule has 0 aliphatic rings. The first-order valence-electron chi connectivity index (χ1n) is 9.40. The zero-order valence-electron chi connectivity index (χ0n) is 16.3. The first kappa shape index (κ1) is 18.9. The second kappa shape index (κ2) is 8.20. The Morgan fingerprint density at radius 1 is 1.11 bits per heavy atom. The van der Waals surface area contributed by atoms with Crippen molar-refractivity contribution in [2.24, 2.45) is 5.92 Å². The second-order valence-corrected chi connectivity index (χ2v) is 7.54. The molecule has 1 aromatic carbocycles. The number of hydrogen-bond acceptors (Lipinski definition) is 3. The van der Waals surface area contributed by atoms with E-state index >= 15 is 0 Å². The van der Waals surface area contributed by atoms with Crippen molar-refractivity contribution in [2.75, 3.05) is 5.32 Å². The number of anilines is 1. The molecule has 27 heavy (non-hydrogen) atoms. The van der Waals surface area contributed by atoms with Gasteiger partial charge in [-0.25, -0.2) is 4.98 Å². The minimum Gasteiger partial charge on any atom is -0.342 e. The van der Waals surface area contributed by atoms with Crippen LogP contribution in [-0.2, 0) is 4.79 Å². The Bertz CT molecular complexity index is 862. The molecule has 0 radical (unpaired) electrons. The van der Waals surface area contributed by atoms with Crippen LogP contribution in [0, 0.1) is 5.92 Å². The molecule has 2 aromatic heterocycles. The molecule has 0 spiro atoms. The van der Waals surface area contributed by atoms with E-state index in [1.807, 2.05) is 53.4 Å². The molecular weight excluding hydrogens is 338 g/mol. The standard InChI is InChI=1S/C21H27N5O/c1-14(2)13-18(26-11-5-6-12-26)21(27)22-17-9-7-16(8-10-17)20-23-19(15(3)4)24-25-20/h5-12,14-15,18H,13H2,1-4H3,(H,22,27)(H,23,24,25)/t18-/m0/s1. The highest BCUT2D eigenvalue weighted by atomic mass is 16.2. The minimum atomic E-state index is -0.221. The molecule has 3 aromatic rings. The number of aromatic amines is 1. The quantitative estimate of drug-likeness (QED) is 0.641. The minimum absolute atomic E-state index is 0.00682. The Hall–Kier alpha value is -2.89. The molecule has 2 N–H and O–H groups in total. The third-order valence-corrected chi connectivity index (χ3v) is 4.44. The van der Waals surface area contributed by atoms with Crippen LogP contribution in [0.2, 0.25) is 0 Å². The fraction of sp³-hybridized carbons (Fsp3) is 0.381. The van der Waals surface area contributed by atoms with Gasteiger partial charge in [0.1, 0.15) is 11.9 Å². The van der Waals surface area contributed by atoms with Crippen molar-refractivity contribution >= 4 is 11.6 Å². The van der Waals surface area contributed by atoms with Crippen molar-refractivity contribution in [1.82, 2.24) is 19.7 Å². The Kier molecular flexibility index (Phi) is 5.74. The molecule has 3 rings (SSSR count). The monoisotopic (exact) mass is 365 g/mol. The molecule has 6 heteroatoms. The van der Waals surface area contributed by atoms with Gasteiger partial charge in [0.15, 0.2) is 5.82 Å². The van der Waals surface area contributed by atoms with Gasteiger partial charge in [0.25, 0.3) is 0 Å². The van der Waals surface area contributed by atoms with E-state index in [1.165, 1.54) is 0 Å². The molecular formula is C21H27N5O. The van der Waals surface area contributed by atoms with E-state index in [-0.39, 0.29) is 11.9 Å². The number of carbonyl (C=O) groups excluding carboxylic acids is 1. The van der Waals surface area contributed by atoms with Crippen LogP contribution in [0.5, 0.6) is 0 Å². The lowest BCUT2D eigenvalue weighted by atomic mass is 10.0. The largest absolute Gasteiger partial charge is 0.342 e. The predicted octanol–water partition coefficient (Wildman–Crippen LogP) is 4.62. The molecule has 0 unspecified atom stereocenters. The van der Waals surface area contributed by atoms with Gasteiger partial charge >= 0.3 is 0 Å². The number of hydrogen-bond donors (Lipinski definition) is 2. The van der Waals surface area contributed by atoms with Crippen LogP contribution in [0.4, 0.5) is 5.69 Å². The summed E-state index contributed by atoms with van der Waals surface area (Å²) in [6.45, 7) is 8.39. The Morgan fingerprint density at radius 2 is 1.78 bits per heavy atom. The van der Waals surface area contributed by atoms with Gasteiger partial charge in [-0.2, -0.15) is 5.10 Å². The number of rotatable bonds is 7. The Balaban J connectivity index is 1.72. The normalized spacial score (nSPS) is 12.5. The Morgan fingerprint density at radius 3 is 2.33 bits per heavy atom. The van der Waals surface area contributed by atoms with Crippen molar-refractivity contribution in [3.05, 3.63) is 54.6 Å². The highest BCUT2D eigenvalue weighted by Gasteiger charge is 2.21. The van der Waals surface area contributed by atoms with E-state index in [4.69, 9.17) is 0 Å². The van der Waals surface area contributed by atoms with Crippen molar-refractivity contribution in [3.8, 4) is 11.4 Å². The number of amides is 1. The van der Waals surface area contributed by atoms with Crippen LogP contribution in [0.15, 0.2) is 48.8 Å². The maximum atomic E-state index is 12.8. The van der Waals surface area contributed by atoms with Gasteiger partial charge in [0.2, 0.25) is 5.91 Å². The van der Waals surface area contributed by atoms with Crippen molar-refractivity contribution in [2.45, 2.75) is 46.1 Å². The third kappa shape index (κ3) is 4.64. The smallest absolute Gasteiger partial charge is 0.247 e. The lowest BCUT2D eigenvalue weighted by molar-refractivity contribution is -0.119. The van der Waals surface area contributed by atoms with Gasteiger partial charge in [-0.15, -0.1) is 0 Å². The van der Waals surface area contributed by atoms with Gasteiger partial charge in [0.05, 0.1) is 0 Å². The highest BCUT2D eigenvalue weighted by Crippen LogP contribution is 2.23. The van der Waals surface area contributed by atoms with E-state index in [0.717, 1.165) is 23.5 Å². The summed E-state index contributed by atoms with van der Waals surface area (Å²) in [6, 6.07) is 11.3. The molecule has 0 aliphatic heterocycles. The van der Waals surface area contributed by atoms with E-state index in [2.05, 4.69) is 48.2 Å². The first-order valence-corrected chi connectivity index (χ1v) is 9.40. The average Bonchev–Trinajstić information content (AvgIpc) is 3.32. The molecule has 0 bridgehead atoms. The summed E-state index contributed by atoms with van der Waals surface area (Å²) < 4.78 is 1.96. The van der Waals surface area contributed by atoms with Crippen LogP contribution in [0.1, 0.15) is 51.9 Å². The SMILES string of the molecule is CC(C)C[C@@H](C(=O)Nc1ccc(-c2n[nH]c(C(C)C)n2)cc1)n1cccc1. The number of benzene rings is 1. The molecule has 6 nitrogen and oxygen atoms in total. The lowest BCUT2D eigenvalue weighted by Crippen LogP contribution is -2.26. The summed E-state index contributed by atoms with van der Waals surface area (Å²) in [5.74, 6) is 2.25. The zero-order valence-corrected chi connectivity index (χ0v) is 16.3. The van der Waals surface area contributed by atoms with Gasteiger partial charge in [-0.05, 0) is 48.7 Å². The number of aromatic nitrogens is 4. The van der Waals surface area contributed by atoms with Gasteiger partial charge in [-0.1, -0.05) is 27.7 Å². The summed E-state index contributed by atoms with van der Waals surface area (Å²) in [5, 5.41) is 10.3. The summed E-state index contributed by atoms with van der Waals surface area (Å²) in [5.41, 5.74) is 1.68. The zero-order chi connectivity index (χ0) is 19.4. The van der Waals surface area contributed by atoms with E-state index in [0.29, 0.717) is 17.7 Å². The molecule has 0 saturated carbocycles. The summed E-state index contributed by atoms with van der Waals surface area (Å²) in [6.07, 6.45) is 4.66. The Labute approximate surface area is 160 Å². The summed E-state index contributed by atoms with van der Waals surface area (Å²) >= 11 is 0. The molecule has 0 saturated heterocycles. The van der Waals surface area contributed by atoms with Gasteiger partial charge in [0, 0.05) is 29.6 Å². The summed E-state index contributed by atoms with van der Waals surface area (Å²) in [7, 11) is 0. The van der Waals surface area contributed by atoms with E-state index in [1.54, 1.807) is 0 Å². The average molecular weight is 365 g/mol. The predicted molar refractivity (Wildman–Crippen MR) is 107 cm³/mol. The van der Waals surface area contributed by atoms with Gasteiger partial charge in [-0.3, -0.25) is 9.89 Å². The molecule has 2 heterocycles. The van der Waals surface area contributed by atoms with Crippen molar-refractivity contribution in [3.63, 3.8) is 0 Å². The first-order chi connectivity index (χ1) is 12.9. The van der Waals surface area contributed by atoms with E-state index in [9.17, 15) is 4.79 Å². The molecule has 142 valence electrons. The van der Waals surface area contributed by atoms with Crippen LogP contribution in [-0.4, -0.2) is 25.7 Å². The van der Waals surface area contributed by atoms with Gasteiger partial charge < -0.3 is 9.88 Å². The van der Waals surface area contributed by atoms with E-state index < -0.39 is 0 Å². The fourth-order valence-corrected chi connectivity index (χ4v) is 2.96. The maximum Gasteiger partial charge on any atom is 0.247 e. The highest BCUT2D eigenvalue weighted by molar-refractivity contribution is 5.93. The fourth-order valence-electron chi connectivity index (χ4n) is 2.96. The van der Waals surface area contributed by atoms with Crippen LogP contribution in [0.3, 0.4) is 0 Å². The van der Waals surface area contributed by atoms with Crippen LogP contribution >= 0.6 is 0 Å². The summed E-state index contributed by atoms with van der Waals surface area (Å²) in [4.78, 5) is 17.3. The molecule has 0 fully saturated rings.